The maximum Gasteiger partial charge on any atom is 0.261 e. The highest BCUT2D eigenvalue weighted by atomic mass is 32.1. The number of carbonyl (C=O) groups is 2. The standard InChI is InChI=1S/C25H26N6O3S/c1-3-14(2)27-23(32)18-10-15(12-31-22(18)29-25(26)30-31)16-11-21(35-13-16)24(33)28-19-8-9-34-20-7-5-4-6-17(19)20/h4-7,10-14,19H,3,8-9H2,1-2H3,(H2,26,30)(H,27,32)(H,28,33)/t14-,19-/m0/s1. The van der Waals surface area contributed by atoms with E-state index in [0.29, 0.717) is 29.1 Å². The van der Waals surface area contributed by atoms with Crippen LogP contribution in [0.3, 0.4) is 0 Å². The highest BCUT2D eigenvalue weighted by molar-refractivity contribution is 7.12. The Bertz CT molecular complexity index is 1410. The second-order valence-corrected chi connectivity index (χ2v) is 9.48. The number of ether oxygens (including phenoxy) is 1. The second-order valence-electron chi connectivity index (χ2n) is 8.56. The van der Waals surface area contributed by atoms with Gasteiger partial charge in [0.25, 0.3) is 11.8 Å². The van der Waals surface area contributed by atoms with Gasteiger partial charge >= 0.3 is 0 Å². The molecule has 4 aromatic rings. The van der Waals surface area contributed by atoms with E-state index < -0.39 is 0 Å². The molecule has 0 aliphatic carbocycles. The van der Waals surface area contributed by atoms with Crippen LogP contribution in [0.15, 0.2) is 48.0 Å². The molecule has 0 fully saturated rings. The van der Waals surface area contributed by atoms with Crippen LogP contribution in [0.4, 0.5) is 5.95 Å². The van der Waals surface area contributed by atoms with Crippen LogP contribution >= 0.6 is 11.3 Å². The molecule has 3 aromatic heterocycles. The minimum absolute atomic E-state index is 0.0123. The first kappa shape index (κ1) is 22.9. The smallest absolute Gasteiger partial charge is 0.261 e. The van der Waals surface area contributed by atoms with Gasteiger partial charge in [0.1, 0.15) is 5.75 Å². The molecule has 1 aromatic carbocycles. The summed E-state index contributed by atoms with van der Waals surface area (Å²) in [5.74, 6) is 0.495. The van der Waals surface area contributed by atoms with Crippen molar-refractivity contribution in [1.82, 2.24) is 25.2 Å². The van der Waals surface area contributed by atoms with Gasteiger partial charge in [-0.2, -0.15) is 4.98 Å². The number of fused-ring (bicyclic) bond motifs is 2. The lowest BCUT2D eigenvalue weighted by molar-refractivity contribution is 0.0924. The predicted molar refractivity (Wildman–Crippen MR) is 135 cm³/mol. The summed E-state index contributed by atoms with van der Waals surface area (Å²) in [5.41, 5.74) is 9.10. The number of anilines is 1. The summed E-state index contributed by atoms with van der Waals surface area (Å²) < 4.78 is 7.20. The fraction of sp³-hybridized carbons (Fsp3) is 0.280. The molecule has 0 spiro atoms. The normalized spacial score (nSPS) is 15.8. The van der Waals surface area contributed by atoms with Crippen LogP contribution in [0.1, 0.15) is 58.3 Å². The van der Waals surface area contributed by atoms with Gasteiger partial charge < -0.3 is 21.1 Å². The summed E-state index contributed by atoms with van der Waals surface area (Å²) in [7, 11) is 0. The molecule has 0 unspecified atom stereocenters. The molecule has 35 heavy (non-hydrogen) atoms. The monoisotopic (exact) mass is 490 g/mol. The van der Waals surface area contributed by atoms with Crippen LogP contribution in [0, 0.1) is 0 Å². The summed E-state index contributed by atoms with van der Waals surface area (Å²) in [6.07, 6.45) is 3.27. The van der Waals surface area contributed by atoms with E-state index in [1.807, 2.05) is 49.6 Å². The number of benzene rings is 1. The Morgan fingerprint density at radius 2 is 2.09 bits per heavy atom. The molecule has 4 heterocycles. The number of thiophene rings is 1. The SMILES string of the molecule is CC[C@H](C)NC(=O)c1cc(-c2csc(C(=O)N[C@H]3CCOc4ccccc43)c2)cn2nc(N)nc12. The van der Waals surface area contributed by atoms with Crippen LogP contribution in [0.5, 0.6) is 5.75 Å². The maximum absolute atomic E-state index is 13.1. The first-order valence-corrected chi connectivity index (χ1v) is 12.4. The zero-order valence-corrected chi connectivity index (χ0v) is 20.3. The molecule has 10 heteroatoms. The number of hydrogen-bond acceptors (Lipinski definition) is 7. The molecule has 2 atom stereocenters. The first-order valence-electron chi connectivity index (χ1n) is 11.5. The quantitative estimate of drug-likeness (QED) is 0.378. The zero-order valence-electron chi connectivity index (χ0n) is 19.4. The molecular weight excluding hydrogens is 464 g/mol. The number of nitrogens with two attached hydrogens (primary N) is 1. The number of rotatable bonds is 6. The Hall–Kier alpha value is -3.92. The van der Waals surface area contributed by atoms with Crippen LogP contribution in [0.2, 0.25) is 0 Å². The van der Waals surface area contributed by atoms with Gasteiger partial charge in [-0.05, 0) is 42.5 Å². The van der Waals surface area contributed by atoms with Crippen LogP contribution < -0.4 is 21.1 Å². The predicted octanol–water partition coefficient (Wildman–Crippen LogP) is 3.82. The van der Waals surface area contributed by atoms with Crippen molar-refractivity contribution in [3.05, 3.63) is 64.0 Å². The van der Waals surface area contributed by atoms with E-state index in [9.17, 15) is 9.59 Å². The first-order chi connectivity index (χ1) is 16.9. The number of amides is 2. The molecule has 2 amide bonds. The Labute approximate surface area is 206 Å². The minimum atomic E-state index is -0.245. The minimum Gasteiger partial charge on any atom is -0.493 e. The van der Waals surface area contributed by atoms with Gasteiger partial charge in [0, 0.05) is 29.8 Å². The van der Waals surface area contributed by atoms with Gasteiger partial charge in [-0.15, -0.1) is 16.4 Å². The van der Waals surface area contributed by atoms with Crippen LogP contribution in [-0.2, 0) is 0 Å². The number of nitrogens with zero attached hydrogens (tertiary/aromatic N) is 3. The molecule has 0 saturated carbocycles. The van der Waals surface area contributed by atoms with Crippen LogP contribution in [-0.4, -0.2) is 39.1 Å². The number of pyridine rings is 1. The molecule has 0 bridgehead atoms. The Kier molecular flexibility index (Phi) is 6.12. The van der Waals surface area contributed by atoms with Crippen molar-refractivity contribution in [1.29, 1.82) is 0 Å². The van der Waals surface area contributed by atoms with Crippen molar-refractivity contribution in [3.63, 3.8) is 0 Å². The molecule has 9 nitrogen and oxygen atoms in total. The Balaban J connectivity index is 1.42. The Morgan fingerprint density at radius 3 is 2.91 bits per heavy atom. The average molecular weight is 491 g/mol. The van der Waals surface area contributed by atoms with Crippen molar-refractivity contribution in [3.8, 4) is 16.9 Å². The third-order valence-electron chi connectivity index (χ3n) is 6.10. The van der Waals surface area contributed by atoms with E-state index in [0.717, 1.165) is 28.9 Å². The fourth-order valence-electron chi connectivity index (χ4n) is 4.06. The molecule has 180 valence electrons. The summed E-state index contributed by atoms with van der Waals surface area (Å²) in [4.78, 5) is 30.8. The Morgan fingerprint density at radius 1 is 1.26 bits per heavy atom. The van der Waals surface area contributed by atoms with E-state index >= 15 is 0 Å². The van der Waals surface area contributed by atoms with Crippen molar-refractivity contribution >= 4 is 34.7 Å². The highest BCUT2D eigenvalue weighted by Crippen LogP contribution is 2.33. The maximum atomic E-state index is 13.1. The van der Waals surface area contributed by atoms with E-state index in [-0.39, 0.29) is 29.8 Å². The van der Waals surface area contributed by atoms with E-state index in [1.54, 1.807) is 12.3 Å². The molecular formula is C25H26N6O3S. The van der Waals surface area contributed by atoms with E-state index in [4.69, 9.17) is 10.5 Å². The molecule has 0 radical (unpaired) electrons. The van der Waals surface area contributed by atoms with Gasteiger partial charge in [-0.1, -0.05) is 25.1 Å². The molecule has 0 saturated heterocycles. The summed E-state index contributed by atoms with van der Waals surface area (Å²) >= 11 is 1.35. The van der Waals surface area contributed by atoms with Crippen molar-refractivity contribution in [2.24, 2.45) is 0 Å². The third-order valence-corrected chi connectivity index (χ3v) is 7.03. The number of carbonyl (C=O) groups excluding carboxylic acids is 2. The molecule has 1 aliphatic rings. The van der Waals surface area contributed by atoms with Crippen molar-refractivity contribution in [2.75, 3.05) is 12.3 Å². The number of para-hydroxylation sites is 1. The van der Waals surface area contributed by atoms with Crippen molar-refractivity contribution < 1.29 is 14.3 Å². The van der Waals surface area contributed by atoms with Gasteiger partial charge in [0.05, 0.1) is 23.1 Å². The lowest BCUT2D eigenvalue weighted by atomic mass is 10.0. The fourth-order valence-corrected chi connectivity index (χ4v) is 4.88. The van der Waals surface area contributed by atoms with Gasteiger partial charge in [0.2, 0.25) is 5.95 Å². The van der Waals surface area contributed by atoms with E-state index in [1.165, 1.54) is 15.9 Å². The lowest BCUT2D eigenvalue weighted by Crippen LogP contribution is -2.32. The van der Waals surface area contributed by atoms with Gasteiger partial charge in [0.15, 0.2) is 5.65 Å². The summed E-state index contributed by atoms with van der Waals surface area (Å²) in [6.45, 7) is 4.50. The van der Waals surface area contributed by atoms with Gasteiger partial charge in [-0.3, -0.25) is 9.59 Å². The summed E-state index contributed by atoms with van der Waals surface area (Å²) in [5, 5.41) is 12.2. The second kappa shape index (κ2) is 9.38. The van der Waals surface area contributed by atoms with Crippen molar-refractivity contribution in [2.45, 2.75) is 38.8 Å². The number of nitrogens with one attached hydrogen (secondary N) is 2. The lowest BCUT2D eigenvalue weighted by Gasteiger charge is -2.26. The molecule has 1 aliphatic heterocycles. The number of hydrogen-bond donors (Lipinski definition) is 3. The molecule has 5 rings (SSSR count). The third kappa shape index (κ3) is 4.57. The summed E-state index contributed by atoms with van der Waals surface area (Å²) in [6, 6.07) is 11.2. The average Bonchev–Trinajstić information content (AvgIpc) is 3.50. The largest absolute Gasteiger partial charge is 0.493 e. The topological polar surface area (TPSA) is 124 Å². The van der Waals surface area contributed by atoms with E-state index in [2.05, 4.69) is 20.7 Å². The number of aromatic nitrogens is 3. The number of nitrogen functional groups attached to an aromatic ring is 1. The molecule has 4 N–H and O–H groups in total. The highest BCUT2D eigenvalue weighted by Gasteiger charge is 2.24. The zero-order chi connectivity index (χ0) is 24.5. The van der Waals surface area contributed by atoms with Gasteiger partial charge in [-0.25, -0.2) is 4.52 Å². The van der Waals surface area contributed by atoms with Crippen LogP contribution in [0.25, 0.3) is 16.8 Å².